The summed E-state index contributed by atoms with van der Waals surface area (Å²) in [5.41, 5.74) is 0.382. The van der Waals surface area contributed by atoms with Crippen molar-refractivity contribution in [1.82, 2.24) is 0 Å². The van der Waals surface area contributed by atoms with Crippen molar-refractivity contribution in [2.45, 2.75) is 104 Å². The maximum absolute atomic E-state index is 13.2. The summed E-state index contributed by atoms with van der Waals surface area (Å²) in [5.74, 6) is 2.64. The molecular formula is C35H50O4. The number of benzene rings is 1. The molecule has 4 aliphatic carbocycles. The van der Waals surface area contributed by atoms with E-state index in [4.69, 9.17) is 4.74 Å². The predicted molar refractivity (Wildman–Crippen MR) is 156 cm³/mol. The van der Waals surface area contributed by atoms with Crippen LogP contribution in [0.15, 0.2) is 54.1 Å². The number of aliphatic hydroxyl groups excluding tert-OH is 1. The normalized spacial score (nSPS) is 41.4. The Hall–Kier alpha value is -1.91. The predicted octanol–water partition coefficient (Wildman–Crippen LogP) is 7.36. The fraction of sp³-hybridized carbons (Fsp3) is 0.686. The lowest BCUT2D eigenvalue weighted by molar-refractivity contribution is -0.210. The quantitative estimate of drug-likeness (QED) is 0.296. The van der Waals surface area contributed by atoms with Gasteiger partial charge in [-0.2, -0.15) is 0 Å². The number of esters is 1. The number of carbonyl (C=O) groups is 1. The molecule has 39 heavy (non-hydrogen) atoms. The van der Waals surface area contributed by atoms with Gasteiger partial charge in [0.05, 0.1) is 11.7 Å². The molecule has 1 aromatic carbocycles. The Labute approximate surface area is 235 Å². The smallest absolute Gasteiger partial charge is 0.338 e. The van der Waals surface area contributed by atoms with Crippen LogP contribution in [0.25, 0.3) is 0 Å². The van der Waals surface area contributed by atoms with Gasteiger partial charge in [-0.1, -0.05) is 77.5 Å². The van der Waals surface area contributed by atoms with Gasteiger partial charge in [-0.25, -0.2) is 4.79 Å². The maximum Gasteiger partial charge on any atom is 0.338 e. The Morgan fingerprint density at radius 1 is 0.974 bits per heavy atom. The zero-order chi connectivity index (χ0) is 28.2. The summed E-state index contributed by atoms with van der Waals surface area (Å²) < 4.78 is 6.17. The van der Waals surface area contributed by atoms with Crippen LogP contribution in [0.3, 0.4) is 0 Å². The number of carbonyl (C=O) groups excluding carboxylic acids is 1. The first-order valence-electron chi connectivity index (χ1n) is 15.5. The standard InChI is InChI=1S/C35H50O4/c1-22(2)23(3)12-13-24(4)28-14-15-29-27-20-31(39-32(37)25-10-8-7-9-11-25)35(38)21-26(36)16-19-34(35,6)30(27)17-18-33(28,29)5/h7-13,20,22-24,26,28-31,36,38H,14-19,21H2,1-6H3/b13-12+/t23-,24+,26+,28-,29+,30-,31-,33-,34-,35+/m0/s1. The minimum Gasteiger partial charge on any atom is -0.451 e. The van der Waals surface area contributed by atoms with Gasteiger partial charge < -0.3 is 14.9 Å². The largest absolute Gasteiger partial charge is 0.451 e. The van der Waals surface area contributed by atoms with E-state index in [1.807, 2.05) is 18.2 Å². The first-order valence-corrected chi connectivity index (χ1v) is 15.5. The summed E-state index contributed by atoms with van der Waals surface area (Å²) in [6.07, 6.45) is 11.9. The van der Waals surface area contributed by atoms with Crippen LogP contribution in [0.4, 0.5) is 0 Å². The summed E-state index contributed by atoms with van der Waals surface area (Å²) in [6.45, 7) is 14.0. The molecule has 0 aromatic heterocycles. The lowest BCUT2D eigenvalue weighted by Crippen LogP contribution is -2.66. The van der Waals surface area contributed by atoms with Crippen molar-refractivity contribution in [1.29, 1.82) is 0 Å². The number of hydrogen-bond acceptors (Lipinski definition) is 4. The first-order chi connectivity index (χ1) is 18.4. The summed E-state index contributed by atoms with van der Waals surface area (Å²) in [6, 6.07) is 9.06. The van der Waals surface area contributed by atoms with E-state index in [0.717, 1.165) is 25.7 Å². The van der Waals surface area contributed by atoms with Gasteiger partial charge in [0.2, 0.25) is 0 Å². The van der Waals surface area contributed by atoms with E-state index in [1.165, 1.54) is 12.0 Å². The number of fused-ring (bicyclic) bond motifs is 5. The van der Waals surface area contributed by atoms with Gasteiger partial charge in [0.15, 0.2) is 0 Å². The topological polar surface area (TPSA) is 66.8 Å². The number of hydrogen-bond donors (Lipinski definition) is 2. The van der Waals surface area contributed by atoms with Gasteiger partial charge in [0.25, 0.3) is 0 Å². The molecule has 214 valence electrons. The number of ether oxygens (including phenoxy) is 1. The zero-order valence-corrected chi connectivity index (χ0v) is 24.9. The third-order valence-electron chi connectivity index (χ3n) is 12.0. The highest BCUT2D eigenvalue weighted by atomic mass is 16.6. The fourth-order valence-electron chi connectivity index (χ4n) is 9.02. The second-order valence-corrected chi connectivity index (χ2v) is 14.3. The average molecular weight is 535 g/mol. The molecule has 0 amide bonds. The molecular weight excluding hydrogens is 484 g/mol. The Balaban J connectivity index is 1.49. The fourth-order valence-corrected chi connectivity index (χ4v) is 9.02. The molecule has 0 spiro atoms. The summed E-state index contributed by atoms with van der Waals surface area (Å²) in [4.78, 5) is 13.2. The Morgan fingerprint density at radius 3 is 2.38 bits per heavy atom. The molecule has 0 unspecified atom stereocenters. The van der Waals surface area contributed by atoms with Gasteiger partial charge in [0.1, 0.15) is 11.7 Å². The molecule has 5 rings (SSSR count). The second kappa shape index (κ2) is 10.5. The van der Waals surface area contributed by atoms with Gasteiger partial charge in [-0.3, -0.25) is 0 Å². The molecule has 0 heterocycles. The molecule has 4 heteroatoms. The van der Waals surface area contributed by atoms with E-state index in [9.17, 15) is 15.0 Å². The molecule has 3 saturated carbocycles. The van der Waals surface area contributed by atoms with Crippen LogP contribution in [0.1, 0.15) is 96.8 Å². The monoisotopic (exact) mass is 534 g/mol. The van der Waals surface area contributed by atoms with E-state index in [2.05, 4.69) is 59.8 Å². The van der Waals surface area contributed by atoms with Crippen LogP contribution in [0.5, 0.6) is 0 Å². The van der Waals surface area contributed by atoms with Gasteiger partial charge >= 0.3 is 5.97 Å². The van der Waals surface area contributed by atoms with Crippen LogP contribution in [0, 0.1) is 46.3 Å². The highest BCUT2D eigenvalue weighted by Gasteiger charge is 2.66. The van der Waals surface area contributed by atoms with Crippen molar-refractivity contribution >= 4 is 5.97 Å². The Bertz CT molecular complexity index is 1110. The van der Waals surface area contributed by atoms with Crippen LogP contribution in [-0.4, -0.2) is 34.0 Å². The maximum atomic E-state index is 13.2. The minimum atomic E-state index is -1.28. The highest BCUT2D eigenvalue weighted by molar-refractivity contribution is 5.89. The third-order valence-corrected chi connectivity index (χ3v) is 12.0. The van der Waals surface area contributed by atoms with Crippen LogP contribution >= 0.6 is 0 Å². The first kappa shape index (κ1) is 28.6. The minimum absolute atomic E-state index is 0.196. The van der Waals surface area contributed by atoms with Crippen molar-refractivity contribution in [2.24, 2.45) is 46.3 Å². The average Bonchev–Trinajstić information content (AvgIpc) is 3.26. The van der Waals surface area contributed by atoms with E-state index in [1.54, 1.807) is 12.1 Å². The van der Waals surface area contributed by atoms with Crippen molar-refractivity contribution in [3.63, 3.8) is 0 Å². The molecule has 4 nitrogen and oxygen atoms in total. The van der Waals surface area contributed by atoms with Gasteiger partial charge in [0, 0.05) is 11.8 Å². The number of rotatable bonds is 6. The van der Waals surface area contributed by atoms with Crippen molar-refractivity contribution in [3.05, 3.63) is 59.7 Å². The second-order valence-electron chi connectivity index (χ2n) is 14.3. The van der Waals surface area contributed by atoms with E-state index >= 15 is 0 Å². The van der Waals surface area contributed by atoms with Crippen molar-refractivity contribution < 1.29 is 19.7 Å². The SMILES string of the molecule is CC(C)[C@@H](C)/C=C/[C@@H](C)[C@@H]1CC[C@@H]2C3=C[C@H](OC(=O)c4ccccc4)[C@]4(O)C[C@H](O)CC[C@@]4(C)[C@H]3CC[C@]21C. The van der Waals surface area contributed by atoms with E-state index in [-0.39, 0.29) is 17.8 Å². The van der Waals surface area contributed by atoms with Crippen LogP contribution in [-0.2, 0) is 4.74 Å². The third kappa shape index (κ3) is 4.74. The van der Waals surface area contributed by atoms with Crippen LogP contribution in [0.2, 0.25) is 0 Å². The lowest BCUT2D eigenvalue weighted by Gasteiger charge is -2.62. The van der Waals surface area contributed by atoms with Crippen molar-refractivity contribution in [3.8, 4) is 0 Å². The van der Waals surface area contributed by atoms with Crippen molar-refractivity contribution in [2.75, 3.05) is 0 Å². The zero-order valence-electron chi connectivity index (χ0n) is 24.9. The molecule has 0 radical (unpaired) electrons. The van der Waals surface area contributed by atoms with E-state index < -0.39 is 29.2 Å². The molecule has 0 aliphatic heterocycles. The van der Waals surface area contributed by atoms with Gasteiger partial charge in [-0.15, -0.1) is 0 Å². The lowest BCUT2D eigenvalue weighted by atomic mass is 9.45. The number of aliphatic hydroxyl groups is 2. The summed E-state index contributed by atoms with van der Waals surface area (Å²) >= 11 is 0. The van der Waals surface area contributed by atoms with Gasteiger partial charge in [-0.05, 0) is 97.7 Å². The highest BCUT2D eigenvalue weighted by Crippen LogP contribution is 2.67. The Kier molecular flexibility index (Phi) is 7.70. The molecule has 0 bridgehead atoms. The summed E-state index contributed by atoms with van der Waals surface area (Å²) in [7, 11) is 0. The molecule has 0 saturated heterocycles. The molecule has 2 N–H and O–H groups in total. The molecule has 10 atom stereocenters. The summed E-state index contributed by atoms with van der Waals surface area (Å²) in [5, 5.41) is 23.0. The molecule has 4 aliphatic rings. The van der Waals surface area contributed by atoms with Crippen LogP contribution < -0.4 is 0 Å². The van der Waals surface area contributed by atoms with E-state index in [0.29, 0.717) is 41.6 Å². The number of allylic oxidation sites excluding steroid dienone is 3. The molecule has 1 aromatic rings. The molecule has 3 fully saturated rings. The Morgan fingerprint density at radius 2 is 1.69 bits per heavy atom.